The summed E-state index contributed by atoms with van der Waals surface area (Å²) in [4.78, 5) is 18.4. The number of aryl methyl sites for hydroxylation is 2. The molecule has 10 rings (SSSR count). The molecule has 50 heavy (non-hydrogen) atoms. The minimum absolute atomic E-state index is 0.00297. The molecule has 0 bridgehead atoms. The van der Waals surface area contributed by atoms with Crippen LogP contribution in [0.3, 0.4) is 0 Å². The van der Waals surface area contributed by atoms with Crippen molar-refractivity contribution < 1.29 is 9.47 Å². The first-order valence-electron chi connectivity index (χ1n) is 16.8. The molecule has 8 heteroatoms. The van der Waals surface area contributed by atoms with Crippen molar-refractivity contribution >= 4 is 55.2 Å². The number of hydrogen-bond acceptors (Lipinski definition) is 8. The number of anilines is 2. The average Bonchev–Trinajstić information content (AvgIpc) is 3.75. The first-order valence-corrected chi connectivity index (χ1v) is 16.8. The smallest absolute Gasteiger partial charge is 0.218 e. The van der Waals surface area contributed by atoms with Gasteiger partial charge in [-0.3, -0.25) is 0 Å². The molecule has 0 saturated heterocycles. The van der Waals surface area contributed by atoms with Crippen molar-refractivity contribution in [2.24, 2.45) is 0 Å². The van der Waals surface area contributed by atoms with Gasteiger partial charge >= 0.3 is 0 Å². The largest absolute Gasteiger partial charge is 0.469 e. The number of aromatic nitrogens is 4. The van der Waals surface area contributed by atoms with Crippen molar-refractivity contribution in [2.45, 2.75) is 38.9 Å². The Balaban J connectivity index is 0.000000135. The highest BCUT2D eigenvalue weighted by atomic mass is 16.5. The zero-order chi connectivity index (χ0) is 33.9. The zero-order valence-electron chi connectivity index (χ0n) is 27.7. The first-order chi connectivity index (χ1) is 24.4. The second kappa shape index (κ2) is 11.7. The molecule has 0 radical (unpaired) electrons. The Bertz CT molecular complexity index is 2430. The maximum atomic E-state index is 6.18. The Morgan fingerprint density at radius 3 is 1.34 bits per heavy atom. The molecule has 2 aliphatic heterocycles. The van der Waals surface area contributed by atoms with Gasteiger partial charge in [-0.15, -0.1) is 0 Å². The van der Waals surface area contributed by atoms with E-state index in [2.05, 4.69) is 96.6 Å². The summed E-state index contributed by atoms with van der Waals surface area (Å²) in [5, 5.41) is 4.23. The second-order valence-electron chi connectivity index (χ2n) is 13.2. The highest BCUT2D eigenvalue weighted by Crippen LogP contribution is 2.41. The van der Waals surface area contributed by atoms with Crippen molar-refractivity contribution in [1.82, 2.24) is 19.9 Å². The van der Waals surface area contributed by atoms with Gasteiger partial charge in [0.25, 0.3) is 0 Å². The van der Waals surface area contributed by atoms with E-state index in [1.54, 1.807) is 0 Å². The monoisotopic (exact) mass is 654 g/mol. The predicted octanol–water partition coefficient (Wildman–Crippen LogP) is 8.70. The zero-order valence-corrected chi connectivity index (χ0v) is 27.7. The van der Waals surface area contributed by atoms with Gasteiger partial charge < -0.3 is 20.9 Å². The van der Waals surface area contributed by atoms with Crippen LogP contribution in [0, 0.1) is 13.8 Å². The fraction of sp³-hybridized carbons (Fsp3) is 0.143. The van der Waals surface area contributed by atoms with E-state index in [9.17, 15) is 0 Å². The molecule has 0 fully saturated rings. The van der Waals surface area contributed by atoms with Crippen LogP contribution in [0.15, 0.2) is 109 Å². The van der Waals surface area contributed by atoms with Gasteiger partial charge in [0.1, 0.15) is 23.2 Å². The SMILES string of the molecule is Cc1ccc2c(c1)nc(N)c1nc3c(cc12)CC(c1ccccc1)O3.Cc1ccc2c(c1)nc(N)c1nc3c(cc12)CC(c1ccccc1)O3. The number of rotatable bonds is 2. The molecule has 4 aromatic heterocycles. The molecule has 2 atom stereocenters. The van der Waals surface area contributed by atoms with Gasteiger partial charge in [0.15, 0.2) is 11.6 Å². The van der Waals surface area contributed by atoms with Gasteiger partial charge in [-0.05, 0) is 60.4 Å². The summed E-state index contributed by atoms with van der Waals surface area (Å²) >= 11 is 0. The quantitative estimate of drug-likeness (QED) is 0.178. The Hall–Kier alpha value is -6.28. The van der Waals surface area contributed by atoms with Crippen molar-refractivity contribution in [1.29, 1.82) is 0 Å². The van der Waals surface area contributed by atoms with E-state index in [1.807, 2.05) is 36.4 Å². The van der Waals surface area contributed by atoms with E-state index < -0.39 is 0 Å². The van der Waals surface area contributed by atoms with Gasteiger partial charge in [0, 0.05) is 45.5 Å². The van der Waals surface area contributed by atoms with E-state index in [4.69, 9.17) is 30.9 Å². The number of ether oxygens (including phenoxy) is 2. The molecule has 0 saturated carbocycles. The minimum Gasteiger partial charge on any atom is -0.469 e. The molecule has 0 aliphatic carbocycles. The fourth-order valence-electron chi connectivity index (χ4n) is 7.12. The molecule has 4 N–H and O–H groups in total. The minimum atomic E-state index is 0.00297. The standard InChI is InChI=1S/2C21H17N3O/c2*1-12-7-8-15-16-10-14-11-18(13-5-3-2-4-6-13)25-21(14)24-19(16)20(22)23-17(15)9-12/h2*2-10,18H,11H2,1H3,(H2,22,23). The van der Waals surface area contributed by atoms with Gasteiger partial charge in [-0.25, -0.2) is 19.9 Å². The maximum Gasteiger partial charge on any atom is 0.218 e. The molecule has 0 spiro atoms. The van der Waals surface area contributed by atoms with Gasteiger partial charge in [-0.1, -0.05) is 84.9 Å². The second-order valence-corrected chi connectivity index (χ2v) is 13.2. The third-order valence-electron chi connectivity index (χ3n) is 9.64. The van der Waals surface area contributed by atoms with Crippen LogP contribution in [0.2, 0.25) is 0 Å². The lowest BCUT2D eigenvalue weighted by Gasteiger charge is -2.10. The lowest BCUT2D eigenvalue weighted by Crippen LogP contribution is -2.02. The third-order valence-corrected chi connectivity index (χ3v) is 9.64. The molecule has 8 aromatic rings. The van der Waals surface area contributed by atoms with Crippen molar-refractivity contribution in [3.63, 3.8) is 0 Å². The van der Waals surface area contributed by atoms with E-state index >= 15 is 0 Å². The maximum absolute atomic E-state index is 6.18. The molecule has 6 heterocycles. The van der Waals surface area contributed by atoms with Gasteiger partial charge in [0.05, 0.1) is 11.0 Å². The van der Waals surface area contributed by atoms with Crippen LogP contribution in [0.1, 0.15) is 45.6 Å². The number of nitrogen functional groups attached to an aromatic ring is 2. The van der Waals surface area contributed by atoms with Crippen LogP contribution < -0.4 is 20.9 Å². The average molecular weight is 655 g/mol. The Morgan fingerprint density at radius 1 is 0.500 bits per heavy atom. The van der Waals surface area contributed by atoms with Crippen molar-refractivity contribution in [3.8, 4) is 11.8 Å². The Kier molecular flexibility index (Phi) is 6.98. The van der Waals surface area contributed by atoms with Crippen LogP contribution >= 0.6 is 0 Å². The number of fused-ring (bicyclic) bond motifs is 8. The molecule has 8 nitrogen and oxygen atoms in total. The summed E-state index contributed by atoms with van der Waals surface area (Å²) in [7, 11) is 0. The molecule has 0 amide bonds. The number of nitrogens with zero attached hydrogens (tertiary/aromatic N) is 4. The lowest BCUT2D eigenvalue weighted by atomic mass is 10.0. The van der Waals surface area contributed by atoms with Gasteiger partial charge in [0.2, 0.25) is 11.8 Å². The summed E-state index contributed by atoms with van der Waals surface area (Å²) in [6.45, 7) is 4.11. The third kappa shape index (κ3) is 5.17. The summed E-state index contributed by atoms with van der Waals surface area (Å²) in [5.41, 5.74) is 22.5. The summed E-state index contributed by atoms with van der Waals surface area (Å²) < 4.78 is 12.2. The molecular weight excluding hydrogens is 621 g/mol. The van der Waals surface area contributed by atoms with E-state index in [1.165, 1.54) is 11.1 Å². The number of pyridine rings is 4. The summed E-state index contributed by atoms with van der Waals surface area (Å²) in [5.74, 6) is 2.23. The van der Waals surface area contributed by atoms with Crippen molar-refractivity contribution in [2.75, 3.05) is 11.5 Å². The van der Waals surface area contributed by atoms with Gasteiger partial charge in [-0.2, -0.15) is 0 Å². The molecule has 244 valence electrons. The highest BCUT2D eigenvalue weighted by molar-refractivity contribution is 6.09. The number of benzene rings is 4. The van der Waals surface area contributed by atoms with Crippen LogP contribution in [0.25, 0.3) is 43.6 Å². The summed E-state index contributed by atoms with van der Waals surface area (Å²) in [6.07, 6.45) is 1.64. The molecule has 2 aliphatic rings. The Morgan fingerprint density at radius 2 is 0.920 bits per heavy atom. The van der Waals surface area contributed by atoms with Crippen LogP contribution in [-0.4, -0.2) is 19.9 Å². The fourth-order valence-corrected chi connectivity index (χ4v) is 7.12. The van der Waals surface area contributed by atoms with Crippen LogP contribution in [0.4, 0.5) is 11.6 Å². The Labute approximate surface area is 288 Å². The molecule has 2 unspecified atom stereocenters. The van der Waals surface area contributed by atoms with E-state index in [0.29, 0.717) is 34.4 Å². The summed E-state index contributed by atoms with van der Waals surface area (Å²) in [6, 6.07) is 37.3. The predicted molar refractivity (Wildman–Crippen MR) is 199 cm³/mol. The van der Waals surface area contributed by atoms with Crippen LogP contribution in [-0.2, 0) is 12.8 Å². The van der Waals surface area contributed by atoms with Crippen LogP contribution in [0.5, 0.6) is 11.8 Å². The highest BCUT2D eigenvalue weighted by Gasteiger charge is 2.28. The van der Waals surface area contributed by atoms with E-state index in [0.717, 1.165) is 67.7 Å². The lowest BCUT2D eigenvalue weighted by molar-refractivity contribution is 0.231. The molecule has 4 aromatic carbocycles. The first kappa shape index (κ1) is 29.8. The number of nitrogens with two attached hydrogens (primary N) is 2. The normalized spacial score (nSPS) is 16.1. The van der Waals surface area contributed by atoms with E-state index in [-0.39, 0.29) is 12.2 Å². The number of hydrogen-bond donors (Lipinski definition) is 2. The molecular formula is C42H34N6O2. The topological polar surface area (TPSA) is 122 Å². The van der Waals surface area contributed by atoms with Crippen molar-refractivity contribution in [3.05, 3.63) is 143 Å².